The molecule has 3 heteroatoms. The Labute approximate surface area is 116 Å². The first kappa shape index (κ1) is 14.3. The van der Waals surface area contributed by atoms with Crippen molar-refractivity contribution in [3.8, 4) is 5.75 Å². The topological polar surface area (TPSA) is 42.4 Å². The first-order valence-electron chi connectivity index (χ1n) is 7.38. The zero-order valence-corrected chi connectivity index (χ0v) is 12.2. The summed E-state index contributed by atoms with van der Waals surface area (Å²) in [5.41, 5.74) is 0.186. The molecule has 0 bridgehead atoms. The minimum Gasteiger partial charge on any atom is -0.489 e. The minimum absolute atomic E-state index is 0.126. The summed E-state index contributed by atoms with van der Waals surface area (Å²) in [6.45, 7) is 6.19. The molecule has 1 aromatic rings. The minimum atomic E-state index is -0.720. The van der Waals surface area contributed by atoms with E-state index in [1.54, 1.807) is 12.4 Å². The highest BCUT2D eigenvalue weighted by Crippen LogP contribution is 2.41. The molecule has 2 rings (SSSR count). The van der Waals surface area contributed by atoms with Crippen molar-refractivity contribution in [1.29, 1.82) is 0 Å². The van der Waals surface area contributed by atoms with Gasteiger partial charge in [-0.1, -0.05) is 19.8 Å². The summed E-state index contributed by atoms with van der Waals surface area (Å²) >= 11 is 0. The van der Waals surface area contributed by atoms with Crippen LogP contribution in [-0.4, -0.2) is 16.2 Å². The maximum absolute atomic E-state index is 10.9. The van der Waals surface area contributed by atoms with Gasteiger partial charge in [0.05, 0.1) is 17.9 Å². The molecular formula is C16H25NO2. The van der Waals surface area contributed by atoms with E-state index in [1.807, 2.05) is 19.9 Å². The second-order valence-corrected chi connectivity index (χ2v) is 5.98. The van der Waals surface area contributed by atoms with Crippen molar-refractivity contribution in [3.05, 3.63) is 24.0 Å². The van der Waals surface area contributed by atoms with Gasteiger partial charge in [0.1, 0.15) is 5.75 Å². The molecule has 19 heavy (non-hydrogen) atoms. The van der Waals surface area contributed by atoms with E-state index in [9.17, 15) is 5.11 Å². The molecule has 0 aliphatic heterocycles. The molecule has 2 atom stereocenters. The normalized spacial score (nSPS) is 27.5. The first-order chi connectivity index (χ1) is 9.03. The van der Waals surface area contributed by atoms with Crippen LogP contribution in [-0.2, 0) is 5.60 Å². The Morgan fingerprint density at radius 1 is 1.47 bits per heavy atom. The molecule has 0 amide bonds. The van der Waals surface area contributed by atoms with Crippen LogP contribution in [0.4, 0.5) is 0 Å². The van der Waals surface area contributed by atoms with Gasteiger partial charge in [-0.25, -0.2) is 0 Å². The number of rotatable bonds is 4. The fourth-order valence-electron chi connectivity index (χ4n) is 2.99. The molecule has 1 fully saturated rings. The van der Waals surface area contributed by atoms with Gasteiger partial charge in [-0.05, 0) is 45.1 Å². The maximum Gasteiger partial charge on any atom is 0.138 e. The number of pyridine rings is 1. The van der Waals surface area contributed by atoms with Crippen molar-refractivity contribution < 1.29 is 9.84 Å². The van der Waals surface area contributed by atoms with Crippen LogP contribution in [0.25, 0.3) is 0 Å². The highest BCUT2D eigenvalue weighted by molar-refractivity contribution is 5.28. The standard InChI is InChI=1S/C16H25NO2/c1-4-13-6-5-7-16(18,9-13)14-8-15(11-17-10-14)19-12(2)3/h8,10-13,18H,4-7,9H2,1-3H3. The third kappa shape index (κ3) is 3.47. The number of hydrogen-bond acceptors (Lipinski definition) is 3. The molecule has 0 radical (unpaired) electrons. The van der Waals surface area contributed by atoms with E-state index in [2.05, 4.69) is 11.9 Å². The molecular weight excluding hydrogens is 238 g/mol. The first-order valence-corrected chi connectivity index (χ1v) is 7.38. The summed E-state index contributed by atoms with van der Waals surface area (Å²) in [5.74, 6) is 1.37. The summed E-state index contributed by atoms with van der Waals surface area (Å²) in [6.07, 6.45) is 8.75. The van der Waals surface area contributed by atoms with Crippen LogP contribution in [0.1, 0.15) is 58.4 Å². The Balaban J connectivity index is 2.19. The molecule has 1 aliphatic carbocycles. The Kier molecular flexibility index (Phi) is 4.46. The molecule has 1 heterocycles. The van der Waals surface area contributed by atoms with Crippen molar-refractivity contribution in [2.75, 3.05) is 0 Å². The van der Waals surface area contributed by atoms with E-state index >= 15 is 0 Å². The van der Waals surface area contributed by atoms with Crippen molar-refractivity contribution in [3.63, 3.8) is 0 Å². The number of ether oxygens (including phenoxy) is 1. The molecule has 1 saturated carbocycles. The summed E-state index contributed by atoms with van der Waals surface area (Å²) in [7, 11) is 0. The summed E-state index contributed by atoms with van der Waals surface area (Å²) in [6, 6.07) is 1.95. The highest BCUT2D eigenvalue weighted by atomic mass is 16.5. The Hall–Kier alpha value is -1.09. The zero-order valence-electron chi connectivity index (χ0n) is 12.2. The van der Waals surface area contributed by atoms with Crippen molar-refractivity contribution in [1.82, 2.24) is 4.98 Å². The SMILES string of the molecule is CCC1CCCC(O)(c2cncc(OC(C)C)c2)C1. The van der Waals surface area contributed by atoms with Crippen LogP contribution in [0.15, 0.2) is 18.5 Å². The third-order valence-electron chi connectivity index (χ3n) is 4.03. The van der Waals surface area contributed by atoms with Gasteiger partial charge < -0.3 is 9.84 Å². The molecule has 0 aromatic carbocycles. The summed E-state index contributed by atoms with van der Waals surface area (Å²) < 4.78 is 5.67. The summed E-state index contributed by atoms with van der Waals surface area (Å²) in [5, 5.41) is 10.9. The van der Waals surface area contributed by atoms with Gasteiger partial charge in [-0.15, -0.1) is 0 Å². The number of aliphatic hydroxyl groups is 1. The van der Waals surface area contributed by atoms with Gasteiger partial charge in [0.25, 0.3) is 0 Å². The molecule has 0 spiro atoms. The van der Waals surface area contributed by atoms with Crippen LogP contribution in [0.3, 0.4) is 0 Å². The molecule has 106 valence electrons. The fraction of sp³-hybridized carbons (Fsp3) is 0.688. The summed E-state index contributed by atoms with van der Waals surface area (Å²) in [4.78, 5) is 4.22. The van der Waals surface area contributed by atoms with Crippen molar-refractivity contribution >= 4 is 0 Å². The Bertz CT molecular complexity index is 419. The lowest BCUT2D eigenvalue weighted by molar-refractivity contribution is -0.0222. The Morgan fingerprint density at radius 3 is 2.95 bits per heavy atom. The predicted octanol–water partition coefficient (Wildman–Crippen LogP) is 3.66. The van der Waals surface area contributed by atoms with Crippen LogP contribution in [0.2, 0.25) is 0 Å². The van der Waals surface area contributed by atoms with Gasteiger partial charge in [-0.2, -0.15) is 0 Å². The van der Waals surface area contributed by atoms with Gasteiger partial charge in [-0.3, -0.25) is 4.98 Å². The number of aromatic nitrogens is 1. The van der Waals surface area contributed by atoms with E-state index in [4.69, 9.17) is 4.74 Å². The van der Waals surface area contributed by atoms with Crippen LogP contribution >= 0.6 is 0 Å². The van der Waals surface area contributed by atoms with E-state index in [0.717, 1.165) is 37.0 Å². The average Bonchev–Trinajstić information content (AvgIpc) is 2.38. The van der Waals surface area contributed by atoms with Gasteiger partial charge >= 0.3 is 0 Å². The second kappa shape index (κ2) is 5.91. The highest BCUT2D eigenvalue weighted by Gasteiger charge is 2.35. The fourth-order valence-corrected chi connectivity index (χ4v) is 2.99. The number of hydrogen-bond donors (Lipinski definition) is 1. The van der Waals surface area contributed by atoms with E-state index in [-0.39, 0.29) is 6.10 Å². The average molecular weight is 263 g/mol. The maximum atomic E-state index is 10.9. The van der Waals surface area contributed by atoms with E-state index < -0.39 is 5.60 Å². The predicted molar refractivity (Wildman–Crippen MR) is 76.1 cm³/mol. The monoisotopic (exact) mass is 263 g/mol. The molecule has 2 unspecified atom stereocenters. The molecule has 1 N–H and O–H groups in total. The van der Waals surface area contributed by atoms with Crippen molar-refractivity contribution in [2.45, 2.75) is 64.6 Å². The Morgan fingerprint density at radius 2 is 2.26 bits per heavy atom. The number of nitrogens with zero attached hydrogens (tertiary/aromatic N) is 1. The van der Waals surface area contributed by atoms with Crippen LogP contribution in [0, 0.1) is 5.92 Å². The van der Waals surface area contributed by atoms with E-state index in [1.165, 1.54) is 6.42 Å². The lowest BCUT2D eigenvalue weighted by Gasteiger charge is -2.37. The van der Waals surface area contributed by atoms with Gasteiger partial charge in [0.15, 0.2) is 0 Å². The molecule has 1 aromatic heterocycles. The largest absolute Gasteiger partial charge is 0.489 e. The van der Waals surface area contributed by atoms with Crippen LogP contribution in [0.5, 0.6) is 5.75 Å². The van der Waals surface area contributed by atoms with Gasteiger partial charge in [0, 0.05) is 11.8 Å². The second-order valence-electron chi connectivity index (χ2n) is 5.98. The smallest absolute Gasteiger partial charge is 0.138 e. The molecule has 0 saturated heterocycles. The lowest BCUT2D eigenvalue weighted by Crippen LogP contribution is -2.32. The van der Waals surface area contributed by atoms with Crippen molar-refractivity contribution in [2.24, 2.45) is 5.92 Å². The lowest BCUT2D eigenvalue weighted by atomic mass is 9.74. The quantitative estimate of drug-likeness (QED) is 0.901. The van der Waals surface area contributed by atoms with Crippen LogP contribution < -0.4 is 4.74 Å². The zero-order chi connectivity index (χ0) is 13.9. The molecule has 3 nitrogen and oxygen atoms in total. The third-order valence-corrected chi connectivity index (χ3v) is 4.03. The van der Waals surface area contributed by atoms with Gasteiger partial charge in [0.2, 0.25) is 0 Å². The molecule has 1 aliphatic rings. The van der Waals surface area contributed by atoms with E-state index in [0.29, 0.717) is 5.92 Å².